The van der Waals surface area contributed by atoms with Crippen LogP contribution in [0.5, 0.6) is 0 Å². The third kappa shape index (κ3) is 7.53. The molecule has 0 radical (unpaired) electrons. The molecule has 6 atom stereocenters. The SMILES string of the molecule is C=C(C)C.C=C1CC(C(/C=C\C)=C(/C)C#CC)CC2(N)C1CCC1(S)CCC(C)C(=C)C12.CCC. The highest BCUT2D eigenvalue weighted by molar-refractivity contribution is 7.81. The topological polar surface area (TPSA) is 26.0 Å². The van der Waals surface area contributed by atoms with Crippen LogP contribution in [0.25, 0.3) is 0 Å². The zero-order chi connectivity index (χ0) is 27.0. The monoisotopic (exact) mass is 495 g/mol. The predicted octanol–water partition coefficient (Wildman–Crippen LogP) is 9.25. The van der Waals surface area contributed by atoms with Gasteiger partial charge in [-0.05, 0) is 96.5 Å². The molecule has 0 aliphatic heterocycles. The van der Waals surface area contributed by atoms with Gasteiger partial charge in [-0.15, -0.1) is 12.5 Å². The molecule has 2 heteroatoms. The molecule has 0 amide bonds. The molecule has 0 bridgehead atoms. The van der Waals surface area contributed by atoms with Crippen molar-refractivity contribution in [3.05, 3.63) is 59.8 Å². The normalized spacial score (nSPS) is 34.6. The van der Waals surface area contributed by atoms with Crippen molar-refractivity contribution in [3.63, 3.8) is 0 Å². The van der Waals surface area contributed by atoms with Gasteiger partial charge in [0.1, 0.15) is 0 Å². The van der Waals surface area contributed by atoms with Gasteiger partial charge in [0.2, 0.25) is 0 Å². The molecule has 2 N–H and O–H groups in total. The minimum atomic E-state index is -0.307. The highest BCUT2D eigenvalue weighted by Crippen LogP contribution is 2.61. The van der Waals surface area contributed by atoms with Crippen LogP contribution in [0.2, 0.25) is 0 Å². The Morgan fingerprint density at radius 3 is 2.23 bits per heavy atom. The average molecular weight is 496 g/mol. The Labute approximate surface area is 223 Å². The van der Waals surface area contributed by atoms with Gasteiger partial charge < -0.3 is 5.73 Å². The number of hydrogen-bond acceptors (Lipinski definition) is 2. The van der Waals surface area contributed by atoms with Gasteiger partial charge >= 0.3 is 0 Å². The number of hydrogen-bond donors (Lipinski definition) is 2. The number of nitrogens with two attached hydrogens (primary N) is 1. The van der Waals surface area contributed by atoms with Crippen molar-refractivity contribution >= 4 is 12.6 Å². The average Bonchev–Trinajstić information content (AvgIpc) is 2.74. The minimum Gasteiger partial charge on any atom is -0.324 e. The Bertz CT molecular complexity index is 890. The first-order valence-corrected chi connectivity index (χ1v) is 14.0. The molecule has 6 unspecified atom stereocenters. The highest BCUT2D eigenvalue weighted by atomic mass is 32.1. The fourth-order valence-corrected chi connectivity index (χ4v) is 7.10. The van der Waals surface area contributed by atoms with E-state index >= 15 is 0 Å². The second kappa shape index (κ2) is 13.8. The highest BCUT2D eigenvalue weighted by Gasteiger charge is 2.60. The van der Waals surface area contributed by atoms with Gasteiger partial charge in [-0.2, -0.15) is 12.6 Å². The molecule has 3 fully saturated rings. The van der Waals surface area contributed by atoms with Crippen molar-refractivity contribution < 1.29 is 0 Å². The summed E-state index contributed by atoms with van der Waals surface area (Å²) in [5.41, 5.74) is 13.4. The van der Waals surface area contributed by atoms with Gasteiger partial charge in [-0.25, -0.2) is 0 Å². The smallest absolute Gasteiger partial charge is 0.0305 e. The summed E-state index contributed by atoms with van der Waals surface area (Å²) in [4.78, 5) is 0. The molecular formula is C33H53NS. The molecule has 35 heavy (non-hydrogen) atoms. The van der Waals surface area contributed by atoms with Gasteiger partial charge in [0.15, 0.2) is 0 Å². The number of thiol groups is 1. The van der Waals surface area contributed by atoms with E-state index in [4.69, 9.17) is 18.4 Å². The van der Waals surface area contributed by atoms with Crippen LogP contribution in [0, 0.1) is 35.5 Å². The van der Waals surface area contributed by atoms with Gasteiger partial charge in [0.05, 0.1) is 0 Å². The van der Waals surface area contributed by atoms with Crippen molar-refractivity contribution in [1.29, 1.82) is 0 Å². The Kier molecular flexibility index (Phi) is 12.4. The maximum atomic E-state index is 7.39. The van der Waals surface area contributed by atoms with Crippen LogP contribution < -0.4 is 5.73 Å². The predicted molar refractivity (Wildman–Crippen MR) is 162 cm³/mol. The van der Waals surface area contributed by atoms with E-state index < -0.39 is 0 Å². The molecule has 0 aromatic carbocycles. The molecule has 3 aliphatic rings. The van der Waals surface area contributed by atoms with Crippen molar-refractivity contribution in [2.75, 3.05) is 0 Å². The quantitative estimate of drug-likeness (QED) is 0.170. The molecule has 3 aliphatic carbocycles. The van der Waals surface area contributed by atoms with E-state index in [1.165, 1.54) is 35.1 Å². The third-order valence-corrected chi connectivity index (χ3v) is 8.44. The van der Waals surface area contributed by atoms with Crippen LogP contribution in [-0.4, -0.2) is 10.3 Å². The first kappa shape index (κ1) is 31.6. The van der Waals surface area contributed by atoms with E-state index in [0.717, 1.165) is 37.7 Å². The third-order valence-electron chi connectivity index (χ3n) is 7.74. The van der Waals surface area contributed by atoms with Crippen LogP contribution in [-0.2, 0) is 0 Å². The lowest BCUT2D eigenvalue weighted by atomic mass is 9.48. The zero-order valence-corrected chi connectivity index (χ0v) is 25.0. The molecule has 0 saturated heterocycles. The summed E-state index contributed by atoms with van der Waals surface area (Å²) in [7, 11) is 0. The first-order chi connectivity index (χ1) is 16.3. The second-order valence-corrected chi connectivity index (χ2v) is 12.3. The lowest BCUT2D eigenvalue weighted by molar-refractivity contribution is 0.0538. The maximum absolute atomic E-state index is 7.39. The lowest BCUT2D eigenvalue weighted by Gasteiger charge is -2.62. The summed E-state index contributed by atoms with van der Waals surface area (Å²) >= 11 is 5.25. The first-order valence-electron chi connectivity index (χ1n) is 13.6. The second-order valence-electron chi connectivity index (χ2n) is 11.4. The molecule has 0 heterocycles. The van der Waals surface area contributed by atoms with Crippen LogP contribution in [0.1, 0.15) is 100 Å². The van der Waals surface area contributed by atoms with E-state index in [9.17, 15) is 0 Å². The van der Waals surface area contributed by atoms with Gasteiger partial charge in [0.25, 0.3) is 0 Å². The van der Waals surface area contributed by atoms with Gasteiger partial charge in [-0.3, -0.25) is 0 Å². The van der Waals surface area contributed by atoms with Crippen molar-refractivity contribution in [2.45, 2.75) is 111 Å². The molecule has 0 spiro atoms. The summed E-state index contributed by atoms with van der Waals surface area (Å²) in [6, 6.07) is 0. The van der Waals surface area contributed by atoms with Crippen LogP contribution >= 0.6 is 12.6 Å². The Balaban J connectivity index is 0.000000778. The largest absolute Gasteiger partial charge is 0.324 e. The lowest BCUT2D eigenvalue weighted by Crippen LogP contribution is -2.67. The van der Waals surface area contributed by atoms with E-state index in [2.05, 4.69) is 78.3 Å². The van der Waals surface area contributed by atoms with Crippen LogP contribution in [0.15, 0.2) is 59.8 Å². The summed E-state index contributed by atoms with van der Waals surface area (Å²) < 4.78 is -0.0141. The summed E-state index contributed by atoms with van der Waals surface area (Å²) in [6.45, 7) is 29.3. The maximum Gasteiger partial charge on any atom is 0.0305 e. The zero-order valence-electron chi connectivity index (χ0n) is 24.1. The summed E-state index contributed by atoms with van der Waals surface area (Å²) in [5, 5.41) is 0. The van der Waals surface area contributed by atoms with Crippen LogP contribution in [0.3, 0.4) is 0 Å². The molecule has 3 saturated carbocycles. The van der Waals surface area contributed by atoms with Gasteiger partial charge in [0, 0.05) is 21.8 Å². The standard InChI is InChI=1S/C26H37NS.C4H8.C3H8/c1-7-9-18(4)22(10-8-2)21-15-19(5)23-12-14-25(28)13-11-17(3)20(6)24(25)26(23,27)16-21;1-4(2)3;1-3-2/h8,10,17,21,23-24,28H,5-6,11-16,27H2,1-4H3;1H2,2-3H3;3H2,1-2H3/b10-8-,22-18-;;. The molecule has 0 aromatic heterocycles. The van der Waals surface area contributed by atoms with Crippen molar-refractivity contribution in [1.82, 2.24) is 0 Å². The molecule has 1 nitrogen and oxygen atoms in total. The van der Waals surface area contributed by atoms with Gasteiger partial charge in [-0.1, -0.05) is 75.1 Å². The summed E-state index contributed by atoms with van der Waals surface area (Å²) in [6.07, 6.45) is 12.1. The number of fused-ring (bicyclic) bond motifs is 3. The number of rotatable bonds is 2. The molecule has 3 rings (SSSR count). The van der Waals surface area contributed by atoms with Crippen molar-refractivity contribution in [2.24, 2.45) is 29.4 Å². The molecule has 0 aromatic rings. The van der Waals surface area contributed by atoms with E-state index in [1.54, 1.807) is 0 Å². The minimum absolute atomic E-state index is 0.0141. The van der Waals surface area contributed by atoms with Crippen molar-refractivity contribution in [3.8, 4) is 11.8 Å². The molecular weight excluding hydrogens is 442 g/mol. The van der Waals surface area contributed by atoms with E-state index in [1.807, 2.05) is 20.8 Å². The van der Waals surface area contributed by atoms with Crippen LogP contribution in [0.4, 0.5) is 0 Å². The summed E-state index contributed by atoms with van der Waals surface area (Å²) in [5.74, 6) is 7.87. The Hall–Kier alpha value is -1.43. The van der Waals surface area contributed by atoms with E-state index in [0.29, 0.717) is 17.8 Å². The van der Waals surface area contributed by atoms with E-state index in [-0.39, 0.29) is 16.2 Å². The fourth-order valence-electron chi connectivity index (χ4n) is 6.43. The molecule has 196 valence electrons. The fraction of sp³-hybridized carbons (Fsp3) is 0.636. The Morgan fingerprint density at radius 2 is 1.71 bits per heavy atom. The Morgan fingerprint density at radius 1 is 1.17 bits per heavy atom. The number of allylic oxidation sites excluding steroid dienone is 5.